The molecule has 0 unspecified atom stereocenters. The maximum absolute atomic E-state index is 11.9. The van der Waals surface area contributed by atoms with Gasteiger partial charge in [0.15, 0.2) is 5.82 Å². The lowest BCUT2D eigenvalue weighted by Gasteiger charge is -2.08. The van der Waals surface area contributed by atoms with Crippen LogP contribution in [0.2, 0.25) is 0 Å². The molecule has 7 nitrogen and oxygen atoms in total. The van der Waals surface area contributed by atoms with Crippen molar-refractivity contribution in [3.05, 3.63) is 30.1 Å². The number of halogens is 3. The number of nitrogen functional groups attached to an aromatic ring is 1. The standard InChI is InChI=1S/C15H19F3N4O3S/c1-23-11-4-2-5-12(8-11)25-9-13-20-21-14(22(13)19)26-7-3-6-24-10-15(16,17)18/h2,4-5,8H,3,6-7,9-10,19H2,1H3. The fourth-order valence-electron chi connectivity index (χ4n) is 1.86. The third-order valence-corrected chi connectivity index (χ3v) is 4.10. The Balaban J connectivity index is 1.74. The number of alkyl halides is 3. The predicted molar refractivity (Wildman–Crippen MR) is 89.7 cm³/mol. The Morgan fingerprint density at radius 3 is 2.73 bits per heavy atom. The topological polar surface area (TPSA) is 84.4 Å². The summed E-state index contributed by atoms with van der Waals surface area (Å²) in [6.07, 6.45) is -3.87. The van der Waals surface area contributed by atoms with E-state index in [0.29, 0.717) is 34.7 Å². The first kappa shape index (κ1) is 20.2. The quantitative estimate of drug-likeness (QED) is 0.378. The molecule has 1 heterocycles. The van der Waals surface area contributed by atoms with Gasteiger partial charge in [0.1, 0.15) is 24.7 Å². The summed E-state index contributed by atoms with van der Waals surface area (Å²) in [6, 6.07) is 7.10. The van der Waals surface area contributed by atoms with Crippen LogP contribution in [-0.4, -0.2) is 47.1 Å². The second kappa shape index (κ2) is 9.53. The molecule has 0 spiro atoms. The van der Waals surface area contributed by atoms with Gasteiger partial charge in [-0.15, -0.1) is 10.2 Å². The first-order chi connectivity index (χ1) is 12.4. The molecule has 0 aliphatic heterocycles. The summed E-state index contributed by atoms with van der Waals surface area (Å²) in [5.41, 5.74) is 0. The first-order valence-corrected chi connectivity index (χ1v) is 8.61. The molecule has 2 aromatic rings. The maximum Gasteiger partial charge on any atom is 0.411 e. The molecule has 2 N–H and O–H groups in total. The Kier molecular flexibility index (Phi) is 7.39. The monoisotopic (exact) mass is 392 g/mol. The lowest BCUT2D eigenvalue weighted by Crippen LogP contribution is -2.17. The number of hydrogen-bond acceptors (Lipinski definition) is 7. The number of nitrogens with two attached hydrogens (primary N) is 1. The molecule has 0 fully saturated rings. The summed E-state index contributed by atoms with van der Waals surface area (Å²) in [5.74, 6) is 8.10. The normalized spacial score (nSPS) is 11.5. The molecule has 0 saturated carbocycles. The molecule has 0 saturated heterocycles. The summed E-state index contributed by atoms with van der Waals surface area (Å²) in [6.45, 7) is -1.11. The van der Waals surface area contributed by atoms with E-state index in [4.69, 9.17) is 15.3 Å². The minimum atomic E-state index is -4.30. The van der Waals surface area contributed by atoms with Crippen LogP contribution in [0, 0.1) is 0 Å². The van der Waals surface area contributed by atoms with E-state index in [0.717, 1.165) is 0 Å². The predicted octanol–water partition coefficient (Wildman–Crippen LogP) is 2.64. The van der Waals surface area contributed by atoms with Crippen LogP contribution in [-0.2, 0) is 11.3 Å². The van der Waals surface area contributed by atoms with E-state index in [1.807, 2.05) is 0 Å². The van der Waals surface area contributed by atoms with Gasteiger partial charge in [-0.05, 0) is 18.6 Å². The zero-order valence-corrected chi connectivity index (χ0v) is 14.8. The molecule has 2 rings (SSSR count). The van der Waals surface area contributed by atoms with Crippen LogP contribution in [0.1, 0.15) is 12.2 Å². The highest BCUT2D eigenvalue weighted by Crippen LogP contribution is 2.21. The number of benzene rings is 1. The highest BCUT2D eigenvalue weighted by atomic mass is 32.2. The number of ether oxygens (including phenoxy) is 3. The number of rotatable bonds is 10. The van der Waals surface area contributed by atoms with Crippen LogP contribution in [0.25, 0.3) is 0 Å². The van der Waals surface area contributed by atoms with E-state index in [1.165, 1.54) is 16.4 Å². The molecule has 0 radical (unpaired) electrons. The number of hydrogen-bond donors (Lipinski definition) is 1. The van der Waals surface area contributed by atoms with Crippen molar-refractivity contribution >= 4 is 11.8 Å². The van der Waals surface area contributed by atoms with Crippen molar-refractivity contribution in [2.24, 2.45) is 0 Å². The fourth-order valence-corrected chi connectivity index (χ4v) is 2.64. The summed E-state index contributed by atoms with van der Waals surface area (Å²) in [4.78, 5) is 0. The average Bonchev–Trinajstić information content (AvgIpc) is 2.95. The minimum Gasteiger partial charge on any atom is -0.497 e. The number of aromatic nitrogens is 3. The Morgan fingerprint density at radius 2 is 2.00 bits per heavy atom. The Hall–Kier alpha value is -2.14. The maximum atomic E-state index is 11.9. The molecular formula is C15H19F3N4O3S. The first-order valence-electron chi connectivity index (χ1n) is 7.62. The Bertz CT molecular complexity index is 697. The smallest absolute Gasteiger partial charge is 0.411 e. The molecule has 11 heteroatoms. The molecule has 1 aromatic carbocycles. The number of nitrogens with zero attached hydrogens (tertiary/aromatic N) is 3. The SMILES string of the molecule is COc1cccc(OCc2nnc(SCCCOCC(F)(F)F)n2N)c1. The number of thioether (sulfide) groups is 1. The van der Waals surface area contributed by atoms with Crippen molar-refractivity contribution < 1.29 is 27.4 Å². The minimum absolute atomic E-state index is 0.0109. The molecular weight excluding hydrogens is 373 g/mol. The second-order valence-electron chi connectivity index (χ2n) is 5.11. The van der Waals surface area contributed by atoms with Gasteiger partial charge in [-0.1, -0.05) is 17.8 Å². The van der Waals surface area contributed by atoms with Crippen LogP contribution in [0.3, 0.4) is 0 Å². The van der Waals surface area contributed by atoms with Crippen molar-refractivity contribution in [3.8, 4) is 11.5 Å². The molecule has 0 atom stereocenters. The third-order valence-electron chi connectivity index (χ3n) is 3.07. The lowest BCUT2D eigenvalue weighted by molar-refractivity contribution is -0.173. The van der Waals surface area contributed by atoms with E-state index in [2.05, 4.69) is 14.9 Å². The summed E-state index contributed by atoms with van der Waals surface area (Å²) >= 11 is 1.28. The van der Waals surface area contributed by atoms with Gasteiger partial charge in [0.05, 0.1) is 7.11 Å². The molecule has 0 aliphatic rings. The largest absolute Gasteiger partial charge is 0.497 e. The van der Waals surface area contributed by atoms with Gasteiger partial charge in [-0.25, -0.2) is 4.68 Å². The second-order valence-corrected chi connectivity index (χ2v) is 6.17. The van der Waals surface area contributed by atoms with E-state index in [1.54, 1.807) is 31.4 Å². The van der Waals surface area contributed by atoms with Crippen molar-refractivity contribution in [2.75, 3.05) is 31.9 Å². The van der Waals surface area contributed by atoms with Crippen molar-refractivity contribution in [2.45, 2.75) is 24.4 Å². The summed E-state index contributed by atoms with van der Waals surface area (Å²) < 4.78 is 52.3. The van der Waals surface area contributed by atoms with Gasteiger partial charge < -0.3 is 20.1 Å². The Morgan fingerprint density at radius 1 is 1.23 bits per heavy atom. The highest BCUT2D eigenvalue weighted by Gasteiger charge is 2.27. The van der Waals surface area contributed by atoms with Crippen molar-refractivity contribution in [3.63, 3.8) is 0 Å². The van der Waals surface area contributed by atoms with Gasteiger partial charge in [-0.3, -0.25) is 0 Å². The molecule has 26 heavy (non-hydrogen) atoms. The molecule has 0 bridgehead atoms. The molecule has 0 amide bonds. The highest BCUT2D eigenvalue weighted by molar-refractivity contribution is 7.99. The van der Waals surface area contributed by atoms with E-state index in [9.17, 15) is 13.2 Å². The molecule has 144 valence electrons. The van der Waals surface area contributed by atoms with Crippen LogP contribution in [0.4, 0.5) is 13.2 Å². The van der Waals surface area contributed by atoms with E-state index >= 15 is 0 Å². The van der Waals surface area contributed by atoms with Gasteiger partial charge >= 0.3 is 6.18 Å². The fraction of sp³-hybridized carbons (Fsp3) is 0.467. The zero-order chi connectivity index (χ0) is 19.0. The van der Waals surface area contributed by atoms with E-state index < -0.39 is 12.8 Å². The van der Waals surface area contributed by atoms with Crippen LogP contribution in [0.5, 0.6) is 11.5 Å². The van der Waals surface area contributed by atoms with Crippen LogP contribution >= 0.6 is 11.8 Å². The summed E-state index contributed by atoms with van der Waals surface area (Å²) in [7, 11) is 1.56. The van der Waals surface area contributed by atoms with Gasteiger partial charge in [0.25, 0.3) is 0 Å². The van der Waals surface area contributed by atoms with Gasteiger partial charge in [0.2, 0.25) is 5.16 Å². The van der Waals surface area contributed by atoms with Crippen LogP contribution in [0.15, 0.2) is 29.4 Å². The third kappa shape index (κ3) is 6.64. The van der Waals surface area contributed by atoms with Crippen molar-refractivity contribution in [1.82, 2.24) is 14.9 Å². The van der Waals surface area contributed by atoms with Gasteiger partial charge in [0, 0.05) is 18.4 Å². The van der Waals surface area contributed by atoms with E-state index in [-0.39, 0.29) is 13.2 Å². The van der Waals surface area contributed by atoms with Gasteiger partial charge in [-0.2, -0.15) is 13.2 Å². The number of methoxy groups -OCH3 is 1. The molecule has 1 aromatic heterocycles. The van der Waals surface area contributed by atoms with Crippen molar-refractivity contribution in [1.29, 1.82) is 0 Å². The zero-order valence-electron chi connectivity index (χ0n) is 14.0. The Labute approximate surface area is 152 Å². The van der Waals surface area contributed by atoms with Crippen LogP contribution < -0.4 is 15.3 Å². The summed E-state index contributed by atoms with van der Waals surface area (Å²) in [5, 5.41) is 8.34. The average molecular weight is 392 g/mol. The molecule has 0 aliphatic carbocycles. The lowest BCUT2D eigenvalue weighted by atomic mass is 10.3.